The van der Waals surface area contributed by atoms with Crippen LogP contribution in [0.5, 0.6) is 0 Å². The summed E-state index contributed by atoms with van der Waals surface area (Å²) < 4.78 is 2.93. The van der Waals surface area contributed by atoms with Crippen LogP contribution < -0.4 is 0 Å². The number of hydrogen-bond acceptors (Lipinski definition) is 3. The third-order valence-electron chi connectivity index (χ3n) is 4.89. The van der Waals surface area contributed by atoms with Crippen molar-refractivity contribution >= 4 is 33.0 Å². The second-order valence-electron chi connectivity index (χ2n) is 7.74. The van der Waals surface area contributed by atoms with Crippen molar-refractivity contribution in [2.75, 3.05) is 0 Å². The number of unbranched alkanes of at least 4 members (excludes halogenated alkanes) is 2. The second kappa shape index (κ2) is 18.5. The Bertz CT molecular complexity index is 1050. The quantitative estimate of drug-likeness (QED) is 0.231. The van der Waals surface area contributed by atoms with E-state index in [4.69, 9.17) is 0 Å². The van der Waals surface area contributed by atoms with Crippen LogP contribution in [0.4, 0.5) is 0 Å². The molecule has 2 aromatic heterocycles. The van der Waals surface area contributed by atoms with Crippen molar-refractivity contribution in [1.29, 1.82) is 0 Å². The van der Waals surface area contributed by atoms with Gasteiger partial charge in [-0.1, -0.05) is 83.9 Å². The van der Waals surface area contributed by atoms with E-state index < -0.39 is 0 Å². The van der Waals surface area contributed by atoms with Crippen molar-refractivity contribution in [1.82, 2.24) is 14.8 Å². The minimum Gasteiger partial charge on any atom is -0.293 e. The Balaban J connectivity index is 0.000000598. The normalized spacial score (nSPS) is 10.0. The van der Waals surface area contributed by atoms with Gasteiger partial charge in [-0.05, 0) is 71.6 Å². The lowest BCUT2D eigenvalue weighted by molar-refractivity contribution is 0.101. The second-order valence-corrected chi connectivity index (χ2v) is 8.59. The molecule has 35 heavy (non-hydrogen) atoms. The molecule has 0 saturated carbocycles. The molecule has 0 bridgehead atoms. The number of rotatable bonds is 6. The van der Waals surface area contributed by atoms with Gasteiger partial charge >= 0.3 is 0 Å². The lowest BCUT2D eigenvalue weighted by Gasteiger charge is -2.08. The van der Waals surface area contributed by atoms with Gasteiger partial charge in [0.05, 0.1) is 16.4 Å². The van der Waals surface area contributed by atoms with Crippen LogP contribution in [0.3, 0.4) is 0 Å². The number of pyridine rings is 1. The SMILES string of the molecule is C=C(/C=C(/C)n1ncc(Br)c1C)c1ccccc1C.CC.CC(=O)c1ccccn1.CCCCC. The summed E-state index contributed by atoms with van der Waals surface area (Å²) in [5, 5.41) is 4.34. The molecule has 0 saturated heterocycles. The predicted molar refractivity (Wildman–Crippen MR) is 156 cm³/mol. The van der Waals surface area contributed by atoms with Crippen LogP contribution >= 0.6 is 15.9 Å². The van der Waals surface area contributed by atoms with Crippen LogP contribution in [0.25, 0.3) is 11.3 Å². The molecule has 1 aromatic carbocycles. The maximum atomic E-state index is 10.6. The summed E-state index contributed by atoms with van der Waals surface area (Å²) in [5.41, 5.74) is 6.07. The molecule has 0 N–H and O–H groups in total. The summed E-state index contributed by atoms with van der Waals surface area (Å²) in [5.74, 6) is 0.00981. The fourth-order valence-corrected chi connectivity index (χ4v) is 3.25. The fourth-order valence-electron chi connectivity index (χ4n) is 2.99. The summed E-state index contributed by atoms with van der Waals surface area (Å²) in [7, 11) is 0. The molecule has 0 radical (unpaired) electrons. The van der Waals surface area contributed by atoms with Gasteiger partial charge < -0.3 is 0 Å². The molecule has 0 atom stereocenters. The Morgan fingerprint density at radius 1 is 1.03 bits per heavy atom. The first-order chi connectivity index (χ1) is 16.7. The van der Waals surface area contributed by atoms with Crippen LogP contribution in [-0.2, 0) is 0 Å². The van der Waals surface area contributed by atoms with Crippen LogP contribution in [-0.4, -0.2) is 20.5 Å². The number of carbonyl (C=O) groups excluding carboxylic acids is 1. The van der Waals surface area contributed by atoms with Gasteiger partial charge in [-0.25, -0.2) is 4.68 Å². The maximum Gasteiger partial charge on any atom is 0.178 e. The van der Waals surface area contributed by atoms with Crippen molar-refractivity contribution in [3.8, 4) is 0 Å². The molecule has 0 aliphatic heterocycles. The van der Waals surface area contributed by atoms with E-state index >= 15 is 0 Å². The highest BCUT2D eigenvalue weighted by Gasteiger charge is 2.06. The first-order valence-electron chi connectivity index (χ1n) is 12.3. The van der Waals surface area contributed by atoms with Crippen molar-refractivity contribution in [2.24, 2.45) is 0 Å². The van der Waals surface area contributed by atoms with Crippen LogP contribution in [0, 0.1) is 13.8 Å². The zero-order valence-electron chi connectivity index (χ0n) is 22.7. The topological polar surface area (TPSA) is 47.8 Å². The molecule has 0 fully saturated rings. The van der Waals surface area contributed by atoms with E-state index in [9.17, 15) is 4.79 Å². The van der Waals surface area contributed by atoms with Crippen molar-refractivity contribution < 1.29 is 4.79 Å². The van der Waals surface area contributed by atoms with Gasteiger partial charge in [0.2, 0.25) is 0 Å². The fraction of sp³-hybridized carbons (Fsp3) is 0.367. The maximum absolute atomic E-state index is 10.6. The molecule has 0 aliphatic rings. The van der Waals surface area contributed by atoms with E-state index in [1.54, 1.807) is 24.4 Å². The van der Waals surface area contributed by atoms with Crippen LogP contribution in [0.1, 0.15) is 88.1 Å². The summed E-state index contributed by atoms with van der Waals surface area (Å²) >= 11 is 3.47. The van der Waals surface area contributed by atoms with E-state index in [1.807, 2.05) is 50.7 Å². The number of aryl methyl sites for hydroxylation is 1. The lowest BCUT2D eigenvalue weighted by atomic mass is 10.0. The first kappa shape index (κ1) is 32.2. The number of allylic oxidation sites excluding steroid dienone is 3. The zero-order chi connectivity index (χ0) is 26.8. The number of halogens is 1. The number of carbonyl (C=O) groups is 1. The van der Waals surface area contributed by atoms with Gasteiger partial charge in [0.15, 0.2) is 5.78 Å². The van der Waals surface area contributed by atoms with Crippen molar-refractivity contribution in [3.63, 3.8) is 0 Å². The Morgan fingerprint density at radius 2 is 1.63 bits per heavy atom. The van der Waals surface area contributed by atoms with Gasteiger partial charge in [-0.3, -0.25) is 9.78 Å². The number of Topliss-reactive ketones (excluding diaryl/α,β-unsaturated/α-hetero) is 1. The number of aromatic nitrogens is 3. The van der Waals surface area contributed by atoms with Crippen molar-refractivity contribution in [3.05, 3.63) is 94.5 Å². The number of nitrogens with zero attached hydrogens (tertiary/aromatic N) is 3. The standard InChI is InChI=1S/C16H17BrN2.C7H7NO.C5H12.C2H6/c1-11-7-5-6-8-15(11)12(2)9-13(3)19-14(4)16(17)10-18-19;1-6(9)7-4-2-3-5-8-7;1-3-5-4-2;1-2/h5-10H,2H2,1,3-4H3;2-5H,1H3;3-5H2,1-2H3;1-2H3/b13-9-;;;. The van der Waals surface area contributed by atoms with Gasteiger partial charge in [-0.15, -0.1) is 0 Å². The highest BCUT2D eigenvalue weighted by atomic mass is 79.9. The van der Waals surface area contributed by atoms with E-state index in [0.29, 0.717) is 5.69 Å². The monoisotopic (exact) mass is 539 g/mol. The summed E-state index contributed by atoms with van der Waals surface area (Å²) in [6.45, 7) is 20.3. The highest BCUT2D eigenvalue weighted by molar-refractivity contribution is 9.10. The molecule has 0 unspecified atom stereocenters. The minimum absolute atomic E-state index is 0.00981. The Kier molecular flexibility index (Phi) is 17.0. The molecule has 4 nitrogen and oxygen atoms in total. The van der Waals surface area contributed by atoms with E-state index in [0.717, 1.165) is 21.4 Å². The van der Waals surface area contributed by atoms with E-state index in [-0.39, 0.29) is 5.78 Å². The summed E-state index contributed by atoms with van der Waals surface area (Å²) in [4.78, 5) is 14.4. The molecule has 0 spiro atoms. The van der Waals surface area contributed by atoms with Gasteiger partial charge in [0, 0.05) is 18.8 Å². The highest BCUT2D eigenvalue weighted by Crippen LogP contribution is 2.23. The molecule has 0 aliphatic carbocycles. The molecule has 0 amide bonds. The molecule has 2 heterocycles. The average molecular weight is 541 g/mol. The average Bonchev–Trinajstić information content (AvgIpc) is 3.20. The zero-order valence-corrected chi connectivity index (χ0v) is 24.3. The molecular weight excluding hydrogens is 498 g/mol. The van der Waals surface area contributed by atoms with Gasteiger partial charge in [0.25, 0.3) is 0 Å². The number of ketones is 1. The molecule has 190 valence electrons. The molecule has 3 aromatic rings. The van der Waals surface area contributed by atoms with Crippen LogP contribution in [0.2, 0.25) is 0 Å². The van der Waals surface area contributed by atoms with E-state index in [2.05, 4.69) is 71.6 Å². The number of hydrogen-bond donors (Lipinski definition) is 0. The van der Waals surface area contributed by atoms with Gasteiger partial charge in [0.1, 0.15) is 5.69 Å². The van der Waals surface area contributed by atoms with Crippen molar-refractivity contribution in [2.45, 2.75) is 74.7 Å². The van der Waals surface area contributed by atoms with Gasteiger partial charge in [-0.2, -0.15) is 5.10 Å². The Labute approximate surface area is 221 Å². The summed E-state index contributed by atoms with van der Waals surface area (Å²) in [6, 6.07) is 13.5. The molecule has 5 heteroatoms. The van der Waals surface area contributed by atoms with Crippen LogP contribution in [0.15, 0.2) is 72.0 Å². The summed E-state index contributed by atoms with van der Waals surface area (Å²) in [6.07, 6.45) is 9.56. The smallest absolute Gasteiger partial charge is 0.178 e. The minimum atomic E-state index is 0.00981. The lowest BCUT2D eigenvalue weighted by Crippen LogP contribution is -1.99. The predicted octanol–water partition coefficient (Wildman–Crippen LogP) is 9.34. The Morgan fingerprint density at radius 3 is 2.03 bits per heavy atom. The third-order valence-corrected chi connectivity index (χ3v) is 5.67. The first-order valence-corrected chi connectivity index (χ1v) is 13.1. The number of benzene rings is 1. The Hall–Kier alpha value is -2.79. The largest absolute Gasteiger partial charge is 0.293 e. The third kappa shape index (κ3) is 11.9. The molecule has 3 rings (SSSR count). The molecular formula is C30H42BrN3O. The van der Waals surface area contributed by atoms with E-state index in [1.165, 1.54) is 37.3 Å².